The Balaban J connectivity index is 1.01. The predicted molar refractivity (Wildman–Crippen MR) is 197 cm³/mol. The highest BCUT2D eigenvalue weighted by Crippen LogP contribution is 2.43. The zero-order chi connectivity index (χ0) is 36.5. The summed E-state index contributed by atoms with van der Waals surface area (Å²) in [7, 11) is 0. The first-order valence-corrected chi connectivity index (χ1v) is 18.2. The number of carbonyl (C=O) groups excluding carboxylic acids is 2. The molecule has 2 amide bonds. The molecule has 3 heterocycles. The van der Waals surface area contributed by atoms with E-state index in [2.05, 4.69) is 22.4 Å². The maximum absolute atomic E-state index is 13.0. The number of thioether (sulfide) groups is 1. The Kier molecular flexibility index (Phi) is 9.59. The van der Waals surface area contributed by atoms with Crippen LogP contribution in [0.3, 0.4) is 0 Å². The van der Waals surface area contributed by atoms with Crippen LogP contribution in [0.4, 0.5) is 0 Å². The molecule has 1 saturated heterocycles. The number of tetrazole rings is 1. The van der Waals surface area contributed by atoms with Crippen molar-refractivity contribution in [2.75, 3.05) is 5.75 Å². The summed E-state index contributed by atoms with van der Waals surface area (Å²) in [5.74, 6) is 0.101. The van der Waals surface area contributed by atoms with E-state index in [4.69, 9.17) is 9.47 Å². The summed E-state index contributed by atoms with van der Waals surface area (Å²) >= 11 is 1.48. The van der Waals surface area contributed by atoms with Gasteiger partial charge in [-0.2, -0.15) is 4.68 Å². The van der Waals surface area contributed by atoms with Gasteiger partial charge >= 0.3 is 0 Å². The van der Waals surface area contributed by atoms with Gasteiger partial charge < -0.3 is 19.7 Å². The third kappa shape index (κ3) is 6.97. The fourth-order valence-electron chi connectivity index (χ4n) is 6.74. The van der Waals surface area contributed by atoms with Crippen LogP contribution in [0.5, 0.6) is 5.75 Å². The van der Waals surface area contributed by atoms with Gasteiger partial charge in [-0.25, -0.2) is 0 Å². The van der Waals surface area contributed by atoms with E-state index < -0.39 is 6.29 Å². The highest BCUT2D eigenvalue weighted by Gasteiger charge is 2.39. The fourth-order valence-corrected chi connectivity index (χ4v) is 7.79. The van der Waals surface area contributed by atoms with Gasteiger partial charge in [0.1, 0.15) is 5.75 Å². The maximum atomic E-state index is 13.0. The van der Waals surface area contributed by atoms with Crippen molar-refractivity contribution in [3.05, 3.63) is 155 Å². The number of aliphatic hydroxyl groups excluding tert-OH is 1. The molecule has 2 aliphatic rings. The molecule has 11 nitrogen and oxygen atoms in total. The van der Waals surface area contributed by atoms with E-state index in [9.17, 15) is 19.8 Å². The molecule has 1 aromatic heterocycles. The minimum absolute atomic E-state index is 0.0408. The second kappa shape index (κ2) is 14.8. The molecular weight excluding hydrogens is 691 g/mol. The number of ether oxygens (including phenoxy) is 2. The Morgan fingerprint density at radius 1 is 0.755 bits per heavy atom. The lowest BCUT2D eigenvalue weighted by molar-refractivity contribution is -0.268. The number of rotatable bonds is 10. The van der Waals surface area contributed by atoms with Gasteiger partial charge in [0.25, 0.3) is 11.8 Å². The molecule has 6 aromatic rings. The second-order valence-corrected chi connectivity index (χ2v) is 14.1. The van der Waals surface area contributed by atoms with Crippen LogP contribution in [0.15, 0.2) is 126 Å². The summed E-state index contributed by atoms with van der Waals surface area (Å²) < 4.78 is 15.0. The van der Waals surface area contributed by atoms with Crippen LogP contribution in [0.2, 0.25) is 0 Å². The lowest BCUT2D eigenvalue weighted by Gasteiger charge is -2.41. The first-order chi connectivity index (χ1) is 25.9. The molecule has 2 N–H and O–H groups in total. The summed E-state index contributed by atoms with van der Waals surface area (Å²) in [5, 5.41) is 32.2. The monoisotopic (exact) mass is 725 g/mol. The molecule has 53 heavy (non-hydrogen) atoms. The molecule has 12 heteroatoms. The number of phenolic OH excluding ortho intramolecular Hbond substituents is 1. The van der Waals surface area contributed by atoms with Crippen molar-refractivity contribution in [3.63, 3.8) is 0 Å². The van der Waals surface area contributed by atoms with Crippen molar-refractivity contribution < 1.29 is 29.3 Å². The SMILES string of the molecule is C[C@@H]1[C@H](CSc2nnnn2-c2ccc(O)cc2)O[C@H](c2ccc(-c3cccc(CN4C(=O)c5ccccc5C4=O)c3)cc2)O[C@@H]1c1ccc(CO)cc1. The van der Waals surface area contributed by atoms with E-state index in [0.717, 1.165) is 39.1 Å². The number of nitrogens with zero attached hydrogens (tertiary/aromatic N) is 5. The number of aliphatic hydroxyl groups is 1. The maximum Gasteiger partial charge on any atom is 0.261 e. The largest absolute Gasteiger partial charge is 0.508 e. The highest BCUT2D eigenvalue weighted by atomic mass is 32.2. The second-order valence-electron chi connectivity index (χ2n) is 13.1. The summed E-state index contributed by atoms with van der Waals surface area (Å²) in [4.78, 5) is 27.2. The van der Waals surface area contributed by atoms with Crippen LogP contribution in [-0.2, 0) is 22.6 Å². The standard InChI is InChI=1S/C41H35N5O6S/c1-25-36(24-53-41-42-43-44-46(41)32-17-19-33(48)20-18-32)51-40(52-37(25)29-11-9-26(23-47)10-12-29)30-15-13-28(14-16-30)31-6-4-5-27(21-31)22-45-38(49)34-7-2-3-8-35(34)39(45)50/h2-21,25,36-37,40,47-48H,22-24H2,1H3/t25-,36+,37+,40+/m1/s1. The lowest BCUT2D eigenvalue weighted by atomic mass is 9.91. The Hall–Kier alpha value is -5.66. The van der Waals surface area contributed by atoms with Gasteiger partial charge in [0.05, 0.1) is 42.2 Å². The minimum atomic E-state index is -0.665. The smallest absolute Gasteiger partial charge is 0.261 e. The van der Waals surface area contributed by atoms with Crippen LogP contribution in [0.25, 0.3) is 16.8 Å². The van der Waals surface area contributed by atoms with E-state index in [0.29, 0.717) is 22.0 Å². The molecule has 0 aliphatic carbocycles. The molecule has 266 valence electrons. The van der Waals surface area contributed by atoms with Crippen molar-refractivity contribution in [1.82, 2.24) is 25.1 Å². The Morgan fingerprint density at radius 2 is 1.45 bits per heavy atom. The normalized spacial score (nSPS) is 19.8. The number of fused-ring (bicyclic) bond motifs is 1. The van der Waals surface area contributed by atoms with Crippen molar-refractivity contribution in [2.24, 2.45) is 5.92 Å². The van der Waals surface area contributed by atoms with Crippen LogP contribution in [0.1, 0.15) is 62.3 Å². The van der Waals surface area contributed by atoms with E-state index in [1.807, 2.05) is 72.8 Å². The lowest BCUT2D eigenvalue weighted by Crippen LogP contribution is -2.38. The Morgan fingerprint density at radius 3 is 2.15 bits per heavy atom. The summed E-state index contributed by atoms with van der Waals surface area (Å²) in [5.41, 5.74) is 7.02. The van der Waals surface area contributed by atoms with Crippen LogP contribution in [0, 0.1) is 5.92 Å². The fraction of sp³-hybridized carbons (Fsp3) is 0.195. The third-order valence-corrected chi connectivity index (χ3v) is 10.7. The zero-order valence-electron chi connectivity index (χ0n) is 28.6. The van der Waals surface area contributed by atoms with Gasteiger partial charge in [0.15, 0.2) is 6.29 Å². The van der Waals surface area contributed by atoms with Gasteiger partial charge in [-0.3, -0.25) is 14.5 Å². The molecule has 1 fully saturated rings. The summed E-state index contributed by atoms with van der Waals surface area (Å²) in [6, 6.07) is 37.2. The first-order valence-electron chi connectivity index (χ1n) is 17.2. The molecule has 0 spiro atoms. The number of amides is 2. The summed E-state index contributed by atoms with van der Waals surface area (Å²) in [6.07, 6.45) is -1.20. The minimum Gasteiger partial charge on any atom is -0.508 e. The molecule has 2 aliphatic heterocycles. The third-order valence-electron chi connectivity index (χ3n) is 9.70. The van der Waals surface area contributed by atoms with Gasteiger partial charge in [-0.1, -0.05) is 97.5 Å². The highest BCUT2D eigenvalue weighted by molar-refractivity contribution is 7.99. The quantitative estimate of drug-likeness (QED) is 0.113. The number of benzene rings is 5. The number of aromatic nitrogens is 4. The topological polar surface area (TPSA) is 140 Å². The number of imide groups is 1. The molecule has 4 atom stereocenters. The number of hydrogen-bond acceptors (Lipinski definition) is 10. The molecular formula is C41H35N5O6S. The van der Waals surface area contributed by atoms with E-state index in [-0.39, 0.29) is 48.8 Å². The first kappa shape index (κ1) is 34.4. The molecule has 8 rings (SSSR count). The van der Waals surface area contributed by atoms with Crippen molar-refractivity contribution in [3.8, 4) is 22.6 Å². The van der Waals surface area contributed by atoms with E-state index >= 15 is 0 Å². The number of carbonyl (C=O) groups is 2. The molecule has 0 radical (unpaired) electrons. The summed E-state index contributed by atoms with van der Waals surface area (Å²) in [6.45, 7) is 2.24. The predicted octanol–water partition coefficient (Wildman–Crippen LogP) is 6.91. The Labute approximate surface area is 309 Å². The van der Waals surface area contributed by atoms with E-state index in [1.54, 1.807) is 53.2 Å². The number of hydrogen-bond donors (Lipinski definition) is 2. The van der Waals surface area contributed by atoms with Gasteiger partial charge in [-0.15, -0.1) is 5.10 Å². The van der Waals surface area contributed by atoms with Crippen molar-refractivity contribution in [1.29, 1.82) is 0 Å². The van der Waals surface area contributed by atoms with E-state index in [1.165, 1.54) is 16.7 Å². The number of phenols is 1. The average Bonchev–Trinajstić information content (AvgIpc) is 3.77. The Bertz CT molecular complexity index is 2230. The van der Waals surface area contributed by atoms with Crippen LogP contribution < -0.4 is 0 Å². The number of aromatic hydroxyl groups is 1. The van der Waals surface area contributed by atoms with Crippen LogP contribution in [-0.4, -0.2) is 59.0 Å². The average molecular weight is 726 g/mol. The van der Waals surface area contributed by atoms with Gasteiger partial charge in [0, 0.05) is 17.2 Å². The van der Waals surface area contributed by atoms with Crippen molar-refractivity contribution >= 4 is 23.6 Å². The molecule has 0 unspecified atom stereocenters. The molecule has 5 aromatic carbocycles. The molecule has 0 saturated carbocycles. The molecule has 0 bridgehead atoms. The van der Waals surface area contributed by atoms with Gasteiger partial charge in [0.2, 0.25) is 5.16 Å². The zero-order valence-corrected chi connectivity index (χ0v) is 29.5. The van der Waals surface area contributed by atoms with Gasteiger partial charge in [-0.05, 0) is 80.7 Å². The van der Waals surface area contributed by atoms with Crippen LogP contribution >= 0.6 is 11.8 Å². The van der Waals surface area contributed by atoms with Crippen molar-refractivity contribution in [2.45, 2.75) is 43.7 Å².